The molecule has 0 aromatic heterocycles. The van der Waals surface area contributed by atoms with Crippen molar-refractivity contribution in [2.24, 2.45) is 0 Å². The van der Waals surface area contributed by atoms with Crippen molar-refractivity contribution in [3.05, 3.63) is 0 Å². The maximum atomic E-state index is 9.52. The lowest BCUT2D eigenvalue weighted by molar-refractivity contribution is 0.0741. The number of piperidine rings is 1. The van der Waals surface area contributed by atoms with E-state index in [-0.39, 0.29) is 12.2 Å². The van der Waals surface area contributed by atoms with Gasteiger partial charge in [-0.05, 0) is 59.7 Å². The summed E-state index contributed by atoms with van der Waals surface area (Å²) in [6.07, 6.45) is 4.48. The Morgan fingerprint density at radius 1 is 0.947 bits per heavy atom. The molecule has 0 saturated carbocycles. The van der Waals surface area contributed by atoms with E-state index in [2.05, 4.69) is 16.7 Å². The minimum absolute atomic E-state index is 0.330. The molecule has 4 nitrogen and oxygen atoms in total. The molecule has 0 bridgehead atoms. The summed E-state index contributed by atoms with van der Waals surface area (Å²) in [6, 6.07) is 0.603. The van der Waals surface area contributed by atoms with Gasteiger partial charge in [-0.2, -0.15) is 0 Å². The second kappa shape index (κ2) is 8.90. The second-order valence-corrected chi connectivity index (χ2v) is 6.19. The van der Waals surface area contributed by atoms with E-state index in [1.165, 1.54) is 32.4 Å². The Morgan fingerprint density at radius 3 is 1.95 bits per heavy atom. The van der Waals surface area contributed by atoms with E-state index in [1.54, 1.807) is 0 Å². The van der Waals surface area contributed by atoms with E-state index in [4.69, 9.17) is 0 Å². The Labute approximate surface area is 118 Å². The van der Waals surface area contributed by atoms with Gasteiger partial charge < -0.3 is 15.1 Å². The van der Waals surface area contributed by atoms with Crippen LogP contribution in [0.2, 0.25) is 0 Å². The third-order valence-corrected chi connectivity index (χ3v) is 3.92. The topological polar surface area (TPSA) is 46.9 Å². The van der Waals surface area contributed by atoms with Gasteiger partial charge in [-0.15, -0.1) is 0 Å². The number of hydrogen-bond acceptors (Lipinski definition) is 4. The fourth-order valence-corrected chi connectivity index (χ4v) is 2.92. The number of aliphatic hydroxyl groups excluding tert-OH is 2. The van der Waals surface area contributed by atoms with Crippen LogP contribution < -0.4 is 0 Å². The molecule has 0 aromatic rings. The molecule has 19 heavy (non-hydrogen) atoms. The van der Waals surface area contributed by atoms with Crippen LogP contribution in [-0.2, 0) is 0 Å². The Morgan fingerprint density at radius 2 is 1.47 bits per heavy atom. The quantitative estimate of drug-likeness (QED) is 0.699. The standard InChI is InChI=1S/C15H32N2O2/c1-13(17-8-5-4-6-9-17)7-10-16(11-14(2)18)12-15(3)19/h13-15,18-19H,4-12H2,1-3H3. The number of aliphatic hydroxyl groups is 2. The minimum Gasteiger partial charge on any atom is -0.392 e. The Hall–Kier alpha value is -0.160. The fourth-order valence-electron chi connectivity index (χ4n) is 2.92. The van der Waals surface area contributed by atoms with Crippen LogP contribution in [0.15, 0.2) is 0 Å². The SMILES string of the molecule is CC(O)CN(CCC(C)N1CCCCC1)CC(C)O. The summed E-state index contributed by atoms with van der Waals surface area (Å²) in [6.45, 7) is 10.6. The molecule has 4 heteroatoms. The van der Waals surface area contributed by atoms with Gasteiger partial charge in [-0.25, -0.2) is 0 Å². The summed E-state index contributed by atoms with van der Waals surface area (Å²) < 4.78 is 0. The van der Waals surface area contributed by atoms with Gasteiger partial charge in [0, 0.05) is 19.1 Å². The molecule has 3 atom stereocenters. The minimum atomic E-state index is -0.330. The van der Waals surface area contributed by atoms with Crippen molar-refractivity contribution < 1.29 is 10.2 Å². The van der Waals surface area contributed by atoms with E-state index in [1.807, 2.05) is 13.8 Å². The van der Waals surface area contributed by atoms with E-state index in [0.717, 1.165) is 13.0 Å². The lowest BCUT2D eigenvalue weighted by Crippen LogP contribution is -2.42. The van der Waals surface area contributed by atoms with E-state index < -0.39 is 0 Å². The van der Waals surface area contributed by atoms with E-state index in [9.17, 15) is 10.2 Å². The molecular formula is C15H32N2O2. The van der Waals surface area contributed by atoms with Gasteiger partial charge in [-0.3, -0.25) is 4.90 Å². The smallest absolute Gasteiger partial charge is 0.0639 e. The molecule has 1 rings (SSSR count). The van der Waals surface area contributed by atoms with Crippen LogP contribution in [-0.4, -0.2) is 71.0 Å². The third kappa shape index (κ3) is 7.25. The molecule has 1 aliphatic heterocycles. The molecule has 1 saturated heterocycles. The van der Waals surface area contributed by atoms with E-state index >= 15 is 0 Å². The first-order valence-corrected chi connectivity index (χ1v) is 7.81. The lowest BCUT2D eigenvalue weighted by atomic mass is 10.1. The molecule has 0 spiro atoms. The normalized spacial score (nSPS) is 22.4. The predicted molar refractivity (Wildman–Crippen MR) is 79.3 cm³/mol. The van der Waals surface area contributed by atoms with Crippen LogP contribution in [0.4, 0.5) is 0 Å². The lowest BCUT2D eigenvalue weighted by Gasteiger charge is -2.34. The largest absolute Gasteiger partial charge is 0.392 e. The van der Waals surface area contributed by atoms with Crippen molar-refractivity contribution in [1.29, 1.82) is 0 Å². The summed E-state index contributed by atoms with van der Waals surface area (Å²) in [4.78, 5) is 4.75. The van der Waals surface area contributed by atoms with Crippen LogP contribution in [0.3, 0.4) is 0 Å². The van der Waals surface area contributed by atoms with Crippen molar-refractivity contribution in [3.8, 4) is 0 Å². The summed E-state index contributed by atoms with van der Waals surface area (Å²) in [5.41, 5.74) is 0. The highest BCUT2D eigenvalue weighted by Crippen LogP contribution is 2.14. The first-order valence-electron chi connectivity index (χ1n) is 7.81. The second-order valence-electron chi connectivity index (χ2n) is 6.19. The molecule has 0 radical (unpaired) electrons. The fraction of sp³-hybridized carbons (Fsp3) is 1.00. The molecule has 0 amide bonds. The third-order valence-electron chi connectivity index (χ3n) is 3.92. The molecule has 2 N–H and O–H groups in total. The molecule has 114 valence electrons. The molecule has 3 unspecified atom stereocenters. The van der Waals surface area contributed by atoms with Crippen molar-refractivity contribution in [2.75, 3.05) is 32.7 Å². The number of hydrogen-bond donors (Lipinski definition) is 2. The molecule has 1 fully saturated rings. The highest BCUT2D eigenvalue weighted by Gasteiger charge is 2.18. The Kier molecular flexibility index (Phi) is 7.91. The number of nitrogens with zero attached hydrogens (tertiary/aromatic N) is 2. The van der Waals surface area contributed by atoms with Crippen molar-refractivity contribution >= 4 is 0 Å². The highest BCUT2D eigenvalue weighted by molar-refractivity contribution is 4.74. The van der Waals surface area contributed by atoms with E-state index in [0.29, 0.717) is 19.1 Å². The summed E-state index contributed by atoms with van der Waals surface area (Å²) in [5.74, 6) is 0. The Balaban J connectivity index is 2.32. The van der Waals surface area contributed by atoms with Crippen molar-refractivity contribution in [3.63, 3.8) is 0 Å². The zero-order chi connectivity index (χ0) is 14.3. The van der Waals surface area contributed by atoms with Gasteiger partial charge in [0.05, 0.1) is 12.2 Å². The summed E-state index contributed by atoms with van der Waals surface area (Å²) >= 11 is 0. The molecule has 1 heterocycles. The zero-order valence-corrected chi connectivity index (χ0v) is 12.9. The number of likely N-dealkylation sites (tertiary alicyclic amines) is 1. The maximum absolute atomic E-state index is 9.52. The van der Waals surface area contributed by atoms with Crippen LogP contribution in [0.1, 0.15) is 46.5 Å². The van der Waals surface area contributed by atoms with Crippen LogP contribution in [0, 0.1) is 0 Å². The summed E-state index contributed by atoms with van der Waals surface area (Å²) in [7, 11) is 0. The van der Waals surface area contributed by atoms with Crippen LogP contribution in [0.25, 0.3) is 0 Å². The number of rotatable bonds is 8. The van der Waals surface area contributed by atoms with Gasteiger partial charge in [0.15, 0.2) is 0 Å². The van der Waals surface area contributed by atoms with Crippen molar-refractivity contribution in [2.45, 2.75) is 64.7 Å². The average Bonchev–Trinajstić information content (AvgIpc) is 2.35. The van der Waals surface area contributed by atoms with Gasteiger partial charge >= 0.3 is 0 Å². The molecule has 0 aromatic carbocycles. The first-order chi connectivity index (χ1) is 8.99. The van der Waals surface area contributed by atoms with Gasteiger partial charge in [0.1, 0.15) is 0 Å². The maximum Gasteiger partial charge on any atom is 0.0639 e. The molecule has 1 aliphatic rings. The van der Waals surface area contributed by atoms with Gasteiger partial charge in [-0.1, -0.05) is 6.42 Å². The first kappa shape index (κ1) is 16.9. The highest BCUT2D eigenvalue weighted by atomic mass is 16.3. The van der Waals surface area contributed by atoms with Crippen molar-refractivity contribution in [1.82, 2.24) is 9.80 Å². The van der Waals surface area contributed by atoms with Gasteiger partial charge in [0.2, 0.25) is 0 Å². The summed E-state index contributed by atoms with van der Waals surface area (Å²) in [5, 5.41) is 19.0. The predicted octanol–water partition coefficient (Wildman–Crippen LogP) is 1.31. The Bertz CT molecular complexity index is 218. The molecular weight excluding hydrogens is 240 g/mol. The van der Waals surface area contributed by atoms with Crippen LogP contribution >= 0.6 is 0 Å². The van der Waals surface area contributed by atoms with Gasteiger partial charge in [0.25, 0.3) is 0 Å². The zero-order valence-electron chi connectivity index (χ0n) is 12.9. The average molecular weight is 272 g/mol. The monoisotopic (exact) mass is 272 g/mol. The van der Waals surface area contributed by atoms with Crippen LogP contribution in [0.5, 0.6) is 0 Å². The molecule has 0 aliphatic carbocycles.